The van der Waals surface area contributed by atoms with Crippen LogP contribution >= 0.6 is 0 Å². The van der Waals surface area contributed by atoms with Gasteiger partial charge in [-0.05, 0) is 31.6 Å². The van der Waals surface area contributed by atoms with Crippen molar-refractivity contribution in [2.24, 2.45) is 17.8 Å². The number of amides is 1. The standard InChI is InChI=1S/C26H43N5O3/c1-17(2)16-31(20-12-19(13-27-14-20)22(32)18-8-9-18)24(33)21-15-29-25(26(3,4)5)30-23(21)28-10-7-11-34-6/h15,17-20,27H,7-14,16H2,1-6H3,(H,28,29,30)/t19-,20+/m1/s1. The molecule has 3 rings (SSSR count). The molecule has 2 heterocycles. The Kier molecular flexibility index (Phi) is 9.04. The van der Waals surface area contributed by atoms with E-state index >= 15 is 0 Å². The lowest BCUT2D eigenvalue weighted by molar-refractivity contribution is -0.125. The summed E-state index contributed by atoms with van der Waals surface area (Å²) in [5.74, 6) is 2.09. The van der Waals surface area contributed by atoms with Gasteiger partial charge in [-0.1, -0.05) is 34.6 Å². The van der Waals surface area contributed by atoms with Crippen LogP contribution in [-0.2, 0) is 14.9 Å². The van der Waals surface area contributed by atoms with Crippen LogP contribution in [0.3, 0.4) is 0 Å². The topological polar surface area (TPSA) is 96.4 Å². The molecule has 1 saturated heterocycles. The van der Waals surface area contributed by atoms with Gasteiger partial charge in [0.1, 0.15) is 23.0 Å². The summed E-state index contributed by atoms with van der Waals surface area (Å²) in [6.45, 7) is 13.8. The molecule has 1 saturated carbocycles. The molecule has 0 aromatic carbocycles. The number of nitrogens with one attached hydrogen (secondary N) is 2. The van der Waals surface area contributed by atoms with Gasteiger partial charge in [-0.3, -0.25) is 9.59 Å². The Morgan fingerprint density at radius 1 is 1.24 bits per heavy atom. The van der Waals surface area contributed by atoms with Crippen molar-refractivity contribution < 1.29 is 14.3 Å². The molecule has 1 aliphatic heterocycles. The van der Waals surface area contributed by atoms with Crippen LogP contribution in [0.5, 0.6) is 0 Å². The maximum Gasteiger partial charge on any atom is 0.259 e. The van der Waals surface area contributed by atoms with Crippen molar-refractivity contribution in [3.63, 3.8) is 0 Å². The minimum Gasteiger partial charge on any atom is -0.385 e. The van der Waals surface area contributed by atoms with E-state index in [4.69, 9.17) is 9.72 Å². The number of hydrogen-bond acceptors (Lipinski definition) is 7. The number of hydrogen-bond donors (Lipinski definition) is 2. The number of carbonyl (C=O) groups excluding carboxylic acids is 2. The van der Waals surface area contributed by atoms with E-state index in [0.29, 0.717) is 61.7 Å². The lowest BCUT2D eigenvalue weighted by Gasteiger charge is -2.38. The van der Waals surface area contributed by atoms with Crippen LogP contribution in [0.4, 0.5) is 5.82 Å². The Morgan fingerprint density at radius 3 is 2.59 bits per heavy atom. The van der Waals surface area contributed by atoms with E-state index in [1.54, 1.807) is 13.3 Å². The number of Topliss-reactive ketones (excluding diaryl/α,β-unsaturated/α-hetero) is 1. The quantitative estimate of drug-likeness (QED) is 0.476. The Bertz CT molecular complexity index is 847. The van der Waals surface area contributed by atoms with E-state index in [0.717, 1.165) is 25.7 Å². The van der Waals surface area contributed by atoms with Gasteiger partial charge in [0.2, 0.25) is 0 Å². The van der Waals surface area contributed by atoms with Crippen LogP contribution in [0.2, 0.25) is 0 Å². The average Bonchev–Trinajstić information content (AvgIpc) is 3.64. The van der Waals surface area contributed by atoms with Crippen LogP contribution in [0.1, 0.15) is 76.5 Å². The molecule has 8 heteroatoms. The fourth-order valence-electron chi connectivity index (χ4n) is 4.48. The van der Waals surface area contributed by atoms with Crippen LogP contribution in [0.15, 0.2) is 6.20 Å². The summed E-state index contributed by atoms with van der Waals surface area (Å²) in [6.07, 6.45) is 5.24. The lowest BCUT2D eigenvalue weighted by Crippen LogP contribution is -2.53. The highest BCUT2D eigenvalue weighted by Gasteiger charge is 2.39. The molecule has 1 aromatic heterocycles. The molecular formula is C26H43N5O3. The molecule has 190 valence electrons. The largest absolute Gasteiger partial charge is 0.385 e. The predicted octanol–water partition coefficient (Wildman–Crippen LogP) is 3.28. The zero-order valence-electron chi connectivity index (χ0n) is 21.8. The van der Waals surface area contributed by atoms with Crippen LogP contribution in [-0.4, -0.2) is 72.5 Å². The molecule has 34 heavy (non-hydrogen) atoms. The van der Waals surface area contributed by atoms with Gasteiger partial charge >= 0.3 is 0 Å². The van der Waals surface area contributed by atoms with Crippen molar-refractivity contribution in [3.8, 4) is 0 Å². The van der Waals surface area contributed by atoms with E-state index < -0.39 is 0 Å². The van der Waals surface area contributed by atoms with Gasteiger partial charge < -0.3 is 20.3 Å². The van der Waals surface area contributed by atoms with Crippen LogP contribution in [0, 0.1) is 17.8 Å². The first-order chi connectivity index (χ1) is 16.1. The molecule has 1 amide bonds. The van der Waals surface area contributed by atoms with Crippen molar-refractivity contribution in [3.05, 3.63) is 17.6 Å². The number of carbonyl (C=O) groups is 2. The number of ketones is 1. The fraction of sp³-hybridized carbons (Fsp3) is 0.769. The normalized spacial score (nSPS) is 20.9. The third-order valence-corrected chi connectivity index (χ3v) is 6.48. The summed E-state index contributed by atoms with van der Waals surface area (Å²) < 4.78 is 5.16. The van der Waals surface area contributed by atoms with E-state index in [1.165, 1.54) is 0 Å². The van der Waals surface area contributed by atoms with E-state index in [2.05, 4.69) is 50.2 Å². The Labute approximate surface area is 204 Å². The minimum atomic E-state index is -0.230. The third kappa shape index (κ3) is 6.98. The maximum atomic E-state index is 13.9. The van der Waals surface area contributed by atoms with Gasteiger partial charge in [0.05, 0.1) is 0 Å². The van der Waals surface area contributed by atoms with Gasteiger partial charge in [-0.25, -0.2) is 9.97 Å². The van der Waals surface area contributed by atoms with Gasteiger partial charge in [0.25, 0.3) is 5.91 Å². The van der Waals surface area contributed by atoms with Crippen molar-refractivity contribution in [2.45, 2.75) is 71.8 Å². The zero-order chi connectivity index (χ0) is 24.9. The van der Waals surface area contributed by atoms with E-state index in [-0.39, 0.29) is 29.2 Å². The SMILES string of the molecule is COCCCNc1nc(C(C)(C)C)ncc1C(=O)N(CC(C)C)[C@@H]1CNC[C@H](C(=O)C2CC2)C1. The second kappa shape index (κ2) is 11.6. The molecule has 0 spiro atoms. The van der Waals surface area contributed by atoms with E-state index in [9.17, 15) is 9.59 Å². The van der Waals surface area contributed by atoms with Gasteiger partial charge in [0, 0.05) is 69.4 Å². The maximum absolute atomic E-state index is 13.9. The monoisotopic (exact) mass is 473 g/mol. The summed E-state index contributed by atoms with van der Waals surface area (Å²) in [5, 5.41) is 6.78. The van der Waals surface area contributed by atoms with Gasteiger partial charge in [0.15, 0.2) is 0 Å². The molecule has 8 nitrogen and oxygen atoms in total. The molecule has 1 aromatic rings. The minimum absolute atomic E-state index is 0.0140. The van der Waals surface area contributed by atoms with Crippen LogP contribution < -0.4 is 10.6 Å². The number of nitrogens with zero attached hydrogens (tertiary/aromatic N) is 3. The second-order valence-corrected chi connectivity index (χ2v) is 11.3. The summed E-state index contributed by atoms with van der Waals surface area (Å²) >= 11 is 0. The molecule has 1 aliphatic carbocycles. The molecule has 2 N–H and O–H groups in total. The Hall–Kier alpha value is -2.06. The van der Waals surface area contributed by atoms with Crippen molar-refractivity contribution in [1.82, 2.24) is 20.2 Å². The van der Waals surface area contributed by atoms with Gasteiger partial charge in [-0.2, -0.15) is 0 Å². The number of ether oxygens (including phenoxy) is 1. The first kappa shape index (κ1) is 26.5. The molecular weight excluding hydrogens is 430 g/mol. The van der Waals surface area contributed by atoms with Crippen molar-refractivity contribution in [1.29, 1.82) is 0 Å². The van der Waals surface area contributed by atoms with E-state index in [1.807, 2.05) is 4.90 Å². The highest BCUT2D eigenvalue weighted by atomic mass is 16.5. The highest BCUT2D eigenvalue weighted by molar-refractivity contribution is 5.98. The summed E-state index contributed by atoms with van der Waals surface area (Å²) in [5.41, 5.74) is 0.257. The lowest BCUT2D eigenvalue weighted by atomic mass is 9.88. The molecule has 0 radical (unpaired) electrons. The van der Waals surface area contributed by atoms with Gasteiger partial charge in [-0.15, -0.1) is 0 Å². The number of aromatic nitrogens is 2. The fourth-order valence-corrected chi connectivity index (χ4v) is 4.48. The average molecular weight is 474 g/mol. The molecule has 2 aliphatic rings. The van der Waals surface area contributed by atoms with Crippen molar-refractivity contribution >= 4 is 17.5 Å². The molecule has 2 atom stereocenters. The molecule has 0 unspecified atom stereocenters. The molecule has 0 bridgehead atoms. The second-order valence-electron chi connectivity index (χ2n) is 11.3. The number of rotatable bonds is 11. The highest BCUT2D eigenvalue weighted by Crippen LogP contribution is 2.35. The first-order valence-electron chi connectivity index (χ1n) is 12.8. The number of anilines is 1. The zero-order valence-corrected chi connectivity index (χ0v) is 21.8. The van der Waals surface area contributed by atoms with Crippen molar-refractivity contribution in [2.75, 3.05) is 45.2 Å². The summed E-state index contributed by atoms with van der Waals surface area (Å²) in [6, 6.07) is -0.0278. The smallest absolute Gasteiger partial charge is 0.259 e. The Balaban J connectivity index is 1.86. The summed E-state index contributed by atoms with van der Waals surface area (Å²) in [4.78, 5) is 38.0. The predicted molar refractivity (Wildman–Crippen MR) is 134 cm³/mol. The number of piperidine rings is 1. The summed E-state index contributed by atoms with van der Waals surface area (Å²) in [7, 11) is 1.68. The third-order valence-electron chi connectivity index (χ3n) is 6.48. The van der Waals surface area contributed by atoms with Crippen LogP contribution in [0.25, 0.3) is 0 Å². The number of methoxy groups -OCH3 is 1. The Morgan fingerprint density at radius 2 is 1.97 bits per heavy atom. The molecule has 2 fully saturated rings. The first-order valence-corrected chi connectivity index (χ1v) is 12.8.